The average molecular weight is 497 g/mol. The van der Waals surface area contributed by atoms with E-state index in [1.807, 2.05) is 50.8 Å². The van der Waals surface area contributed by atoms with Crippen molar-refractivity contribution in [3.8, 4) is 5.75 Å². The van der Waals surface area contributed by atoms with Crippen molar-refractivity contribution in [1.82, 2.24) is 10.2 Å². The average Bonchev–Trinajstić information content (AvgIpc) is 3.38. The highest BCUT2D eigenvalue weighted by Gasteiger charge is 2.37. The Morgan fingerprint density at radius 3 is 2.58 bits per heavy atom. The molecule has 2 aliphatic heterocycles. The third-order valence-corrected chi connectivity index (χ3v) is 6.90. The lowest BCUT2D eigenvalue weighted by atomic mass is 9.85. The first-order chi connectivity index (χ1) is 17.2. The second kappa shape index (κ2) is 11.0. The number of ether oxygens (including phenoxy) is 2. The predicted molar refractivity (Wildman–Crippen MR) is 136 cm³/mol. The van der Waals surface area contributed by atoms with Crippen LogP contribution in [-0.2, 0) is 20.7 Å². The summed E-state index contributed by atoms with van der Waals surface area (Å²) in [5, 5.41) is 2.96. The van der Waals surface area contributed by atoms with Crippen molar-refractivity contribution in [3.63, 3.8) is 0 Å². The Bertz CT molecular complexity index is 1070. The molecule has 0 aromatic heterocycles. The number of amides is 2. The molecular weight excluding hydrogens is 459 g/mol. The minimum atomic E-state index is -0.635. The van der Waals surface area contributed by atoms with Crippen LogP contribution in [0.4, 0.5) is 4.39 Å². The number of fused-ring (bicyclic) bond motifs is 1. The van der Waals surface area contributed by atoms with E-state index in [1.165, 1.54) is 12.1 Å². The monoisotopic (exact) mass is 496 g/mol. The number of carbonyl (C=O) groups excluding carboxylic acids is 2. The molecule has 2 heterocycles. The van der Waals surface area contributed by atoms with Gasteiger partial charge in [0.1, 0.15) is 11.6 Å². The van der Waals surface area contributed by atoms with Gasteiger partial charge >= 0.3 is 0 Å². The number of hydrogen-bond acceptors (Lipinski definition) is 4. The zero-order valence-electron chi connectivity index (χ0n) is 21.7. The van der Waals surface area contributed by atoms with Gasteiger partial charge in [0, 0.05) is 25.1 Å². The summed E-state index contributed by atoms with van der Waals surface area (Å²) < 4.78 is 25.5. The smallest absolute Gasteiger partial charge is 0.261 e. The van der Waals surface area contributed by atoms with Gasteiger partial charge < -0.3 is 19.7 Å². The molecule has 0 radical (unpaired) electrons. The van der Waals surface area contributed by atoms with Crippen LogP contribution in [0.2, 0.25) is 0 Å². The van der Waals surface area contributed by atoms with Crippen LogP contribution in [0.15, 0.2) is 42.5 Å². The van der Waals surface area contributed by atoms with Gasteiger partial charge in [-0.15, -0.1) is 0 Å². The molecule has 4 rings (SSSR count). The molecule has 1 saturated heterocycles. The molecule has 36 heavy (non-hydrogen) atoms. The molecule has 194 valence electrons. The van der Waals surface area contributed by atoms with Gasteiger partial charge in [-0.25, -0.2) is 4.39 Å². The first kappa shape index (κ1) is 26.1. The molecule has 2 amide bonds. The summed E-state index contributed by atoms with van der Waals surface area (Å²) >= 11 is 0. The number of nitrogens with zero attached hydrogens (tertiary/aromatic N) is 1. The van der Waals surface area contributed by atoms with Gasteiger partial charge in [-0.2, -0.15) is 0 Å². The molecule has 0 aliphatic carbocycles. The Morgan fingerprint density at radius 1 is 1.19 bits per heavy atom. The molecule has 0 spiro atoms. The van der Waals surface area contributed by atoms with Gasteiger partial charge in [-0.1, -0.05) is 45.9 Å². The number of carbonyl (C=O) groups is 2. The minimum absolute atomic E-state index is 0.0359. The lowest BCUT2D eigenvalue weighted by Crippen LogP contribution is -2.45. The van der Waals surface area contributed by atoms with Crippen LogP contribution in [0.25, 0.3) is 0 Å². The summed E-state index contributed by atoms with van der Waals surface area (Å²) in [4.78, 5) is 28.1. The lowest BCUT2D eigenvalue weighted by molar-refractivity contribution is -0.141. The second-order valence-corrected chi connectivity index (χ2v) is 10.7. The van der Waals surface area contributed by atoms with E-state index in [2.05, 4.69) is 5.32 Å². The molecule has 1 fully saturated rings. The highest BCUT2D eigenvalue weighted by molar-refractivity contribution is 5.83. The first-order valence-corrected chi connectivity index (χ1v) is 12.9. The fourth-order valence-electron chi connectivity index (χ4n) is 4.94. The largest absolute Gasteiger partial charge is 0.481 e. The zero-order chi connectivity index (χ0) is 25.9. The van der Waals surface area contributed by atoms with E-state index < -0.39 is 11.5 Å². The van der Waals surface area contributed by atoms with Crippen LogP contribution in [0.1, 0.15) is 69.7 Å². The van der Waals surface area contributed by atoms with Gasteiger partial charge in [0.2, 0.25) is 5.91 Å². The van der Waals surface area contributed by atoms with Gasteiger partial charge in [0.25, 0.3) is 5.91 Å². The Labute approximate surface area is 213 Å². The highest BCUT2D eigenvalue weighted by atomic mass is 19.1. The third-order valence-electron chi connectivity index (χ3n) is 6.90. The fraction of sp³-hybridized carbons (Fsp3) is 0.517. The van der Waals surface area contributed by atoms with Gasteiger partial charge in [-0.05, 0) is 66.6 Å². The van der Waals surface area contributed by atoms with Crippen molar-refractivity contribution in [3.05, 3.63) is 65.0 Å². The summed E-state index contributed by atoms with van der Waals surface area (Å²) in [6, 6.07) is 11.8. The Kier molecular flexibility index (Phi) is 7.98. The topological polar surface area (TPSA) is 67.9 Å². The van der Waals surface area contributed by atoms with Gasteiger partial charge in [0.15, 0.2) is 6.10 Å². The van der Waals surface area contributed by atoms with Crippen molar-refractivity contribution >= 4 is 11.8 Å². The van der Waals surface area contributed by atoms with E-state index in [-0.39, 0.29) is 29.8 Å². The summed E-state index contributed by atoms with van der Waals surface area (Å²) in [6.07, 6.45) is 2.64. The standard InChI is InChI=1S/C29H37FN2O4/c1-5-25(27(33)31-18-23-7-6-16-35-23)36-22-13-10-19-14-15-32(28(34)29(2,3)4)26(24(19)17-22)20-8-11-21(30)12-9-20/h8-13,17,23,25-26H,5-7,14-16,18H2,1-4H3,(H,31,33)/t23-,25+,26+/m1/s1. The molecular formula is C29H37FN2O4. The molecule has 1 N–H and O–H groups in total. The summed E-state index contributed by atoms with van der Waals surface area (Å²) in [5.74, 6) is 0.129. The van der Waals surface area contributed by atoms with E-state index in [1.54, 1.807) is 12.1 Å². The molecule has 0 unspecified atom stereocenters. The fourth-order valence-corrected chi connectivity index (χ4v) is 4.94. The molecule has 2 aromatic rings. The molecule has 0 saturated carbocycles. The molecule has 0 bridgehead atoms. The SMILES string of the molecule is CC[C@H](Oc1ccc2c(c1)[C@H](c1ccc(F)cc1)N(C(=O)C(C)(C)C)CC2)C(=O)NC[C@H]1CCCO1. The normalized spacial score (nSPS) is 20.5. The van der Waals surface area contributed by atoms with E-state index in [9.17, 15) is 14.0 Å². The number of benzene rings is 2. The molecule has 3 atom stereocenters. The van der Waals surface area contributed by atoms with Crippen molar-refractivity contribution in [1.29, 1.82) is 0 Å². The molecule has 7 heteroatoms. The molecule has 2 aliphatic rings. The van der Waals surface area contributed by atoms with Gasteiger partial charge in [0.05, 0.1) is 12.1 Å². The van der Waals surface area contributed by atoms with Crippen LogP contribution < -0.4 is 10.1 Å². The van der Waals surface area contributed by atoms with Gasteiger partial charge in [-0.3, -0.25) is 9.59 Å². The van der Waals surface area contributed by atoms with E-state index >= 15 is 0 Å². The van der Waals surface area contributed by atoms with Crippen molar-refractivity contribution in [2.75, 3.05) is 19.7 Å². The van der Waals surface area contributed by atoms with Crippen LogP contribution in [0.5, 0.6) is 5.75 Å². The number of halogens is 1. The number of nitrogens with one attached hydrogen (secondary N) is 1. The maximum absolute atomic E-state index is 13.7. The highest BCUT2D eigenvalue weighted by Crippen LogP contribution is 2.39. The quantitative estimate of drug-likeness (QED) is 0.598. The Morgan fingerprint density at radius 2 is 1.94 bits per heavy atom. The number of hydrogen-bond donors (Lipinski definition) is 1. The Balaban J connectivity index is 1.60. The number of rotatable bonds is 7. The maximum Gasteiger partial charge on any atom is 0.261 e. The van der Waals surface area contributed by atoms with Crippen molar-refractivity contribution in [2.24, 2.45) is 5.41 Å². The predicted octanol–water partition coefficient (Wildman–Crippen LogP) is 4.80. The third kappa shape index (κ3) is 5.89. The Hall–Kier alpha value is -2.93. The van der Waals surface area contributed by atoms with Crippen molar-refractivity contribution < 1.29 is 23.5 Å². The van der Waals surface area contributed by atoms with E-state index in [4.69, 9.17) is 9.47 Å². The summed E-state index contributed by atoms with van der Waals surface area (Å²) in [5.41, 5.74) is 2.34. The zero-order valence-corrected chi connectivity index (χ0v) is 21.7. The maximum atomic E-state index is 13.7. The summed E-state index contributed by atoms with van der Waals surface area (Å²) in [7, 11) is 0. The van der Waals surface area contributed by atoms with Crippen LogP contribution >= 0.6 is 0 Å². The second-order valence-electron chi connectivity index (χ2n) is 10.7. The molecule has 6 nitrogen and oxygen atoms in total. The van der Waals surface area contributed by atoms with Crippen LogP contribution in [-0.4, -0.2) is 48.6 Å². The van der Waals surface area contributed by atoms with Crippen LogP contribution in [0.3, 0.4) is 0 Å². The minimum Gasteiger partial charge on any atom is -0.481 e. The van der Waals surface area contributed by atoms with Crippen LogP contribution in [0, 0.1) is 11.2 Å². The first-order valence-electron chi connectivity index (χ1n) is 12.9. The lowest BCUT2D eigenvalue weighted by Gasteiger charge is -2.41. The van der Waals surface area contributed by atoms with E-state index in [0.29, 0.717) is 31.7 Å². The van der Waals surface area contributed by atoms with E-state index in [0.717, 1.165) is 36.1 Å². The molecule has 2 aromatic carbocycles. The summed E-state index contributed by atoms with van der Waals surface area (Å²) in [6.45, 7) is 9.45. The van der Waals surface area contributed by atoms with Crippen molar-refractivity contribution in [2.45, 2.75) is 71.6 Å².